The van der Waals surface area contributed by atoms with Crippen LogP contribution in [-0.4, -0.2) is 38.5 Å². The van der Waals surface area contributed by atoms with Crippen LogP contribution < -0.4 is 10.1 Å². The minimum Gasteiger partial charge on any atom is -0.378 e. The standard InChI is InChI=1S/C16H26N2O3/c1-13(2)20-18(21-14(3)4)16-7-5-6-15(12-16)17-8-10-19-11-9-17/h5-7,12-14H,8-11H2,1-4H3. The molecule has 1 aliphatic rings. The van der Waals surface area contributed by atoms with Gasteiger partial charge < -0.3 is 9.64 Å². The molecule has 0 aliphatic carbocycles. The summed E-state index contributed by atoms with van der Waals surface area (Å²) in [6, 6.07) is 8.23. The molecule has 0 bridgehead atoms. The lowest BCUT2D eigenvalue weighted by Crippen LogP contribution is -2.36. The number of nitrogens with zero attached hydrogens (tertiary/aromatic N) is 2. The molecule has 0 aromatic heterocycles. The van der Waals surface area contributed by atoms with Gasteiger partial charge in [-0.2, -0.15) is 0 Å². The van der Waals surface area contributed by atoms with Crippen molar-refractivity contribution in [2.24, 2.45) is 0 Å². The van der Waals surface area contributed by atoms with Crippen LogP contribution in [0.25, 0.3) is 0 Å². The van der Waals surface area contributed by atoms with Gasteiger partial charge in [0, 0.05) is 18.8 Å². The minimum absolute atomic E-state index is 0.0517. The van der Waals surface area contributed by atoms with Crippen LogP contribution in [0.2, 0.25) is 0 Å². The molecule has 1 fully saturated rings. The summed E-state index contributed by atoms with van der Waals surface area (Å²) in [4.78, 5) is 13.8. The lowest BCUT2D eigenvalue weighted by molar-refractivity contribution is -0.132. The number of anilines is 2. The van der Waals surface area contributed by atoms with Crippen molar-refractivity contribution in [3.8, 4) is 0 Å². The highest BCUT2D eigenvalue weighted by atomic mass is 17.0. The number of benzene rings is 1. The highest BCUT2D eigenvalue weighted by molar-refractivity contribution is 5.57. The van der Waals surface area contributed by atoms with Gasteiger partial charge in [0.25, 0.3) is 0 Å². The molecular weight excluding hydrogens is 268 g/mol. The third-order valence-corrected chi connectivity index (χ3v) is 3.03. The normalized spacial score (nSPS) is 15.8. The summed E-state index contributed by atoms with van der Waals surface area (Å²) in [7, 11) is 0. The van der Waals surface area contributed by atoms with Crippen LogP contribution in [0.4, 0.5) is 11.4 Å². The Bertz CT molecular complexity index is 421. The number of hydrogen-bond donors (Lipinski definition) is 0. The van der Waals surface area contributed by atoms with E-state index in [4.69, 9.17) is 14.4 Å². The van der Waals surface area contributed by atoms with E-state index < -0.39 is 0 Å². The van der Waals surface area contributed by atoms with E-state index in [1.807, 2.05) is 39.8 Å². The van der Waals surface area contributed by atoms with E-state index in [9.17, 15) is 0 Å². The van der Waals surface area contributed by atoms with Crippen LogP contribution in [0.1, 0.15) is 27.7 Å². The van der Waals surface area contributed by atoms with E-state index in [0.717, 1.165) is 32.0 Å². The van der Waals surface area contributed by atoms with Crippen molar-refractivity contribution in [1.82, 2.24) is 0 Å². The first-order valence-electron chi connectivity index (χ1n) is 7.62. The zero-order valence-electron chi connectivity index (χ0n) is 13.4. The largest absolute Gasteiger partial charge is 0.378 e. The van der Waals surface area contributed by atoms with E-state index in [0.29, 0.717) is 0 Å². The third-order valence-electron chi connectivity index (χ3n) is 3.03. The van der Waals surface area contributed by atoms with Crippen molar-refractivity contribution in [1.29, 1.82) is 0 Å². The highest BCUT2D eigenvalue weighted by Crippen LogP contribution is 2.25. The summed E-state index contributed by atoms with van der Waals surface area (Å²) >= 11 is 0. The summed E-state index contributed by atoms with van der Waals surface area (Å²) in [6.07, 6.45) is 0.103. The molecule has 0 spiro atoms. The van der Waals surface area contributed by atoms with Gasteiger partial charge in [0.1, 0.15) is 0 Å². The van der Waals surface area contributed by atoms with E-state index in [2.05, 4.69) is 17.0 Å². The van der Waals surface area contributed by atoms with Crippen LogP contribution in [0.15, 0.2) is 24.3 Å². The van der Waals surface area contributed by atoms with Gasteiger partial charge in [0.2, 0.25) is 0 Å². The summed E-state index contributed by atoms with van der Waals surface area (Å²) in [6.45, 7) is 11.3. The van der Waals surface area contributed by atoms with Gasteiger partial charge in [-0.1, -0.05) is 6.07 Å². The van der Waals surface area contributed by atoms with Gasteiger partial charge >= 0.3 is 0 Å². The maximum atomic E-state index is 5.76. The molecule has 21 heavy (non-hydrogen) atoms. The summed E-state index contributed by atoms with van der Waals surface area (Å²) < 4.78 is 5.40. The van der Waals surface area contributed by atoms with Gasteiger partial charge in [-0.15, -0.1) is 5.23 Å². The molecular formula is C16H26N2O3. The Kier molecular flexibility index (Phi) is 5.85. The van der Waals surface area contributed by atoms with E-state index in [1.54, 1.807) is 0 Å². The lowest BCUT2D eigenvalue weighted by Gasteiger charge is -2.31. The second kappa shape index (κ2) is 7.64. The molecule has 1 aromatic rings. The van der Waals surface area contributed by atoms with Crippen molar-refractivity contribution in [2.45, 2.75) is 39.9 Å². The quantitative estimate of drug-likeness (QED) is 0.753. The summed E-state index contributed by atoms with van der Waals surface area (Å²) in [5, 5.41) is 1.53. The smallest absolute Gasteiger partial charge is 0.0968 e. The molecule has 5 heteroatoms. The molecule has 1 saturated heterocycles. The molecule has 0 saturated carbocycles. The summed E-state index contributed by atoms with van der Waals surface area (Å²) in [5.74, 6) is 0. The lowest BCUT2D eigenvalue weighted by atomic mass is 10.2. The molecule has 0 amide bonds. The fourth-order valence-electron chi connectivity index (χ4n) is 2.15. The second-order valence-electron chi connectivity index (χ2n) is 5.68. The topological polar surface area (TPSA) is 34.2 Å². The van der Waals surface area contributed by atoms with Gasteiger partial charge in [-0.25, -0.2) is 9.68 Å². The predicted molar refractivity (Wildman–Crippen MR) is 84.4 cm³/mol. The highest BCUT2D eigenvalue weighted by Gasteiger charge is 2.16. The Balaban J connectivity index is 2.15. The average molecular weight is 294 g/mol. The Morgan fingerprint density at radius 1 is 1.05 bits per heavy atom. The minimum atomic E-state index is 0.0517. The SMILES string of the molecule is CC(C)ON(OC(C)C)c1cccc(N2CCOCC2)c1. The van der Waals surface area contributed by atoms with E-state index in [1.165, 1.54) is 10.9 Å². The Labute approximate surface area is 127 Å². The Morgan fingerprint density at radius 2 is 1.67 bits per heavy atom. The Morgan fingerprint density at radius 3 is 2.24 bits per heavy atom. The second-order valence-corrected chi connectivity index (χ2v) is 5.68. The Hall–Kier alpha value is -1.30. The number of hydrogen-bond acceptors (Lipinski definition) is 5. The van der Waals surface area contributed by atoms with Crippen molar-refractivity contribution in [2.75, 3.05) is 36.4 Å². The molecule has 2 rings (SSSR count). The fraction of sp³-hybridized carbons (Fsp3) is 0.625. The molecule has 0 radical (unpaired) electrons. The molecule has 0 atom stereocenters. The van der Waals surface area contributed by atoms with E-state index >= 15 is 0 Å². The average Bonchev–Trinajstić information content (AvgIpc) is 2.47. The van der Waals surface area contributed by atoms with Crippen molar-refractivity contribution >= 4 is 11.4 Å². The molecule has 1 aromatic carbocycles. The van der Waals surface area contributed by atoms with Crippen LogP contribution in [0.3, 0.4) is 0 Å². The van der Waals surface area contributed by atoms with Crippen molar-refractivity contribution in [3.05, 3.63) is 24.3 Å². The maximum absolute atomic E-state index is 5.76. The molecule has 118 valence electrons. The number of rotatable bonds is 6. The van der Waals surface area contributed by atoms with Gasteiger partial charge in [-0.05, 0) is 45.9 Å². The number of ether oxygens (including phenoxy) is 1. The third kappa shape index (κ3) is 4.88. The summed E-state index contributed by atoms with van der Waals surface area (Å²) in [5.41, 5.74) is 2.07. The molecule has 0 N–H and O–H groups in total. The van der Waals surface area contributed by atoms with Crippen LogP contribution in [-0.2, 0) is 14.4 Å². The van der Waals surface area contributed by atoms with Gasteiger partial charge in [0.15, 0.2) is 0 Å². The molecule has 1 aliphatic heterocycles. The fourth-order valence-corrected chi connectivity index (χ4v) is 2.15. The first kappa shape index (κ1) is 16.1. The zero-order valence-corrected chi connectivity index (χ0v) is 13.4. The van der Waals surface area contributed by atoms with Gasteiger partial charge in [0.05, 0.1) is 31.1 Å². The molecule has 0 unspecified atom stereocenters. The zero-order chi connectivity index (χ0) is 15.2. The molecule has 1 heterocycles. The van der Waals surface area contributed by atoms with Crippen LogP contribution in [0, 0.1) is 0 Å². The van der Waals surface area contributed by atoms with Crippen molar-refractivity contribution in [3.63, 3.8) is 0 Å². The first-order chi connectivity index (χ1) is 10.1. The predicted octanol–water partition coefficient (Wildman–Crippen LogP) is 3.01. The monoisotopic (exact) mass is 294 g/mol. The van der Waals surface area contributed by atoms with Crippen LogP contribution in [0.5, 0.6) is 0 Å². The van der Waals surface area contributed by atoms with E-state index in [-0.39, 0.29) is 12.2 Å². The maximum Gasteiger partial charge on any atom is 0.0968 e. The molecule has 5 nitrogen and oxygen atoms in total. The van der Waals surface area contributed by atoms with Crippen LogP contribution >= 0.6 is 0 Å². The van der Waals surface area contributed by atoms with Gasteiger partial charge in [-0.3, -0.25) is 0 Å². The first-order valence-corrected chi connectivity index (χ1v) is 7.62. The number of morpholine rings is 1. The van der Waals surface area contributed by atoms with Crippen molar-refractivity contribution < 1.29 is 14.4 Å².